The molecule has 0 aliphatic carbocycles. The molecule has 2 aromatic rings. The van der Waals surface area contributed by atoms with Crippen LogP contribution in [0.25, 0.3) is 0 Å². The number of aromatic nitrogens is 1. The number of benzene rings is 1. The maximum Gasteiger partial charge on any atom is 0.340 e. The monoisotopic (exact) mass is 339 g/mol. The number of amides is 1. The van der Waals surface area contributed by atoms with Crippen LogP contribution in [0.4, 0.5) is 5.69 Å². The average molecular weight is 339 g/mol. The Morgan fingerprint density at radius 1 is 1.24 bits per heavy atom. The van der Waals surface area contributed by atoms with Gasteiger partial charge in [0.15, 0.2) is 6.61 Å². The minimum Gasteiger partial charge on any atom is -0.452 e. The van der Waals surface area contributed by atoms with E-state index in [1.807, 2.05) is 37.5 Å². The zero-order valence-corrected chi connectivity index (χ0v) is 14.7. The number of ether oxygens (including phenoxy) is 1. The summed E-state index contributed by atoms with van der Waals surface area (Å²) >= 11 is 0. The molecule has 0 unspecified atom stereocenters. The van der Waals surface area contributed by atoms with E-state index in [-0.39, 0.29) is 6.54 Å². The molecule has 0 spiro atoms. The fourth-order valence-electron chi connectivity index (χ4n) is 2.78. The number of hydrogen-bond acceptors (Lipinski definition) is 4. The number of rotatable bonds is 6. The Morgan fingerprint density at radius 3 is 2.48 bits per heavy atom. The summed E-state index contributed by atoms with van der Waals surface area (Å²) in [5.74, 6) is -0.975. The summed E-state index contributed by atoms with van der Waals surface area (Å²) in [5, 5.41) is 8.94. The molecule has 1 heterocycles. The zero-order chi connectivity index (χ0) is 18.4. The third-order valence-electron chi connectivity index (χ3n) is 4.03. The van der Waals surface area contributed by atoms with E-state index in [0.717, 1.165) is 17.9 Å². The van der Waals surface area contributed by atoms with Gasteiger partial charge in [0.05, 0.1) is 11.6 Å². The molecule has 0 N–H and O–H groups in total. The van der Waals surface area contributed by atoms with Crippen LogP contribution >= 0.6 is 0 Å². The van der Waals surface area contributed by atoms with Gasteiger partial charge in [-0.25, -0.2) is 4.79 Å². The van der Waals surface area contributed by atoms with Crippen molar-refractivity contribution in [2.75, 3.05) is 18.1 Å². The molecule has 1 aromatic heterocycles. The van der Waals surface area contributed by atoms with Crippen LogP contribution < -0.4 is 4.90 Å². The first-order valence-corrected chi connectivity index (χ1v) is 8.05. The summed E-state index contributed by atoms with van der Waals surface area (Å²) in [5.41, 5.74) is 2.83. The van der Waals surface area contributed by atoms with Crippen molar-refractivity contribution in [2.45, 2.75) is 27.3 Å². The number of carbonyl (C=O) groups is 2. The van der Waals surface area contributed by atoms with Crippen molar-refractivity contribution >= 4 is 17.6 Å². The molecular weight excluding hydrogens is 318 g/mol. The van der Waals surface area contributed by atoms with Crippen molar-refractivity contribution in [3.8, 4) is 6.07 Å². The molecule has 25 heavy (non-hydrogen) atoms. The molecule has 0 aliphatic rings. The van der Waals surface area contributed by atoms with Crippen LogP contribution in [0.15, 0.2) is 36.4 Å². The zero-order valence-electron chi connectivity index (χ0n) is 14.7. The van der Waals surface area contributed by atoms with Gasteiger partial charge in [0.1, 0.15) is 6.54 Å². The van der Waals surface area contributed by atoms with Gasteiger partial charge in [-0.15, -0.1) is 0 Å². The van der Waals surface area contributed by atoms with Crippen molar-refractivity contribution in [1.82, 2.24) is 4.57 Å². The molecule has 0 saturated carbocycles. The predicted molar refractivity (Wildman–Crippen MR) is 94.3 cm³/mol. The van der Waals surface area contributed by atoms with E-state index >= 15 is 0 Å². The summed E-state index contributed by atoms with van der Waals surface area (Å²) in [4.78, 5) is 26.0. The summed E-state index contributed by atoms with van der Waals surface area (Å²) in [6, 6.07) is 12.5. The Labute approximate surface area is 147 Å². The van der Waals surface area contributed by atoms with E-state index in [2.05, 4.69) is 0 Å². The van der Waals surface area contributed by atoms with Crippen LogP contribution in [0.5, 0.6) is 0 Å². The smallest absolute Gasteiger partial charge is 0.340 e. The van der Waals surface area contributed by atoms with Crippen molar-refractivity contribution in [3.63, 3.8) is 0 Å². The van der Waals surface area contributed by atoms with E-state index in [0.29, 0.717) is 11.3 Å². The van der Waals surface area contributed by atoms with E-state index in [4.69, 9.17) is 10.00 Å². The third-order valence-corrected chi connectivity index (χ3v) is 4.03. The van der Waals surface area contributed by atoms with Crippen molar-refractivity contribution in [1.29, 1.82) is 5.26 Å². The quantitative estimate of drug-likeness (QED) is 0.599. The molecule has 0 saturated heterocycles. The molecule has 1 amide bonds. The highest BCUT2D eigenvalue weighted by Gasteiger charge is 2.20. The molecular formula is C19H21N3O3. The Bertz CT molecular complexity index is 803. The number of nitriles is 1. The highest BCUT2D eigenvalue weighted by atomic mass is 16.5. The minimum atomic E-state index is -0.536. The van der Waals surface area contributed by atoms with Gasteiger partial charge in [0.2, 0.25) is 0 Å². The molecule has 6 nitrogen and oxygen atoms in total. The fourth-order valence-corrected chi connectivity index (χ4v) is 2.78. The number of para-hydroxylation sites is 1. The molecule has 0 atom stereocenters. The van der Waals surface area contributed by atoms with Gasteiger partial charge in [-0.3, -0.25) is 9.69 Å². The van der Waals surface area contributed by atoms with Gasteiger partial charge >= 0.3 is 5.97 Å². The van der Waals surface area contributed by atoms with Gasteiger partial charge in [-0.05, 0) is 39.0 Å². The second kappa shape index (κ2) is 8.15. The van der Waals surface area contributed by atoms with Gasteiger partial charge in [-0.1, -0.05) is 18.2 Å². The predicted octanol–water partition coefficient (Wildman–Crippen LogP) is 2.84. The number of carbonyl (C=O) groups excluding carboxylic acids is 2. The molecule has 6 heteroatoms. The lowest BCUT2D eigenvalue weighted by Crippen LogP contribution is -2.35. The van der Waals surface area contributed by atoms with E-state index in [1.165, 1.54) is 4.90 Å². The summed E-state index contributed by atoms with van der Waals surface area (Å²) in [6.45, 7) is 6.01. The molecule has 2 rings (SSSR count). The first kappa shape index (κ1) is 18.3. The van der Waals surface area contributed by atoms with E-state index in [1.54, 1.807) is 30.3 Å². The maximum absolute atomic E-state index is 12.4. The summed E-state index contributed by atoms with van der Waals surface area (Å²) in [6.07, 6.45) is 0. The third kappa shape index (κ3) is 4.07. The van der Waals surface area contributed by atoms with Crippen molar-refractivity contribution in [3.05, 3.63) is 53.3 Å². The van der Waals surface area contributed by atoms with Gasteiger partial charge in [0, 0.05) is 23.6 Å². The van der Waals surface area contributed by atoms with Gasteiger partial charge in [-0.2, -0.15) is 5.26 Å². The summed E-state index contributed by atoms with van der Waals surface area (Å²) < 4.78 is 7.18. The second-order valence-electron chi connectivity index (χ2n) is 5.58. The summed E-state index contributed by atoms with van der Waals surface area (Å²) in [7, 11) is 0. The molecule has 0 fully saturated rings. The largest absolute Gasteiger partial charge is 0.452 e. The second-order valence-corrected chi connectivity index (χ2v) is 5.58. The topological polar surface area (TPSA) is 75.3 Å². The Hall–Kier alpha value is -3.07. The van der Waals surface area contributed by atoms with E-state index in [9.17, 15) is 9.59 Å². The lowest BCUT2D eigenvalue weighted by atomic mass is 10.2. The van der Waals surface area contributed by atoms with Crippen LogP contribution in [0.2, 0.25) is 0 Å². The standard InChI is InChI=1S/C19H21N3O3/c1-4-21-14(2)12-17(15(21)3)19(24)25-13-18(23)22(11-10-20)16-8-6-5-7-9-16/h5-9,12H,4,11,13H2,1-3H3. The average Bonchev–Trinajstić information content (AvgIpc) is 2.91. The first-order valence-electron chi connectivity index (χ1n) is 8.05. The normalized spacial score (nSPS) is 10.2. The van der Waals surface area contributed by atoms with Crippen LogP contribution in [-0.4, -0.2) is 29.6 Å². The van der Waals surface area contributed by atoms with Crippen molar-refractivity contribution < 1.29 is 14.3 Å². The van der Waals surface area contributed by atoms with Crippen molar-refractivity contribution in [2.24, 2.45) is 0 Å². The van der Waals surface area contributed by atoms with Crippen LogP contribution in [0.3, 0.4) is 0 Å². The first-order chi connectivity index (χ1) is 12.0. The highest BCUT2D eigenvalue weighted by molar-refractivity contribution is 5.97. The van der Waals surface area contributed by atoms with Crippen LogP contribution in [-0.2, 0) is 16.1 Å². The Morgan fingerprint density at radius 2 is 1.92 bits per heavy atom. The molecule has 0 aliphatic heterocycles. The molecule has 130 valence electrons. The lowest BCUT2D eigenvalue weighted by molar-refractivity contribution is -0.121. The Kier molecular flexibility index (Phi) is 5.96. The molecule has 1 aromatic carbocycles. The Balaban J connectivity index is 2.08. The number of aryl methyl sites for hydroxylation is 1. The van der Waals surface area contributed by atoms with Crippen LogP contribution in [0.1, 0.15) is 28.7 Å². The van der Waals surface area contributed by atoms with E-state index < -0.39 is 18.5 Å². The SMILES string of the molecule is CCn1c(C)cc(C(=O)OCC(=O)N(CC#N)c2ccccc2)c1C. The fraction of sp³-hybridized carbons (Fsp3) is 0.316. The maximum atomic E-state index is 12.4. The lowest BCUT2D eigenvalue weighted by Gasteiger charge is -2.19. The highest BCUT2D eigenvalue weighted by Crippen LogP contribution is 2.17. The number of nitrogens with zero attached hydrogens (tertiary/aromatic N) is 3. The number of anilines is 1. The van der Waals surface area contributed by atoms with Crippen LogP contribution in [0, 0.1) is 25.2 Å². The molecule has 0 bridgehead atoms. The molecule has 0 radical (unpaired) electrons. The number of esters is 1. The van der Waals surface area contributed by atoms with Gasteiger partial charge < -0.3 is 9.30 Å². The minimum absolute atomic E-state index is 0.106. The van der Waals surface area contributed by atoms with Gasteiger partial charge in [0.25, 0.3) is 5.91 Å². The number of hydrogen-bond donors (Lipinski definition) is 0.